The lowest BCUT2D eigenvalue weighted by Crippen LogP contribution is -2.08. The van der Waals surface area contributed by atoms with Crippen LogP contribution in [0.4, 0.5) is 0 Å². The first kappa shape index (κ1) is 9.49. The summed E-state index contributed by atoms with van der Waals surface area (Å²) in [5.74, 6) is 1.91. The van der Waals surface area contributed by atoms with Crippen molar-refractivity contribution in [1.29, 1.82) is 5.26 Å². The number of nitrogens with one attached hydrogen (secondary N) is 1. The van der Waals surface area contributed by atoms with E-state index in [4.69, 9.17) is 14.7 Å². The van der Waals surface area contributed by atoms with E-state index in [0.29, 0.717) is 6.79 Å². The van der Waals surface area contributed by atoms with Gasteiger partial charge in [-0.05, 0) is 17.7 Å². The summed E-state index contributed by atoms with van der Waals surface area (Å²) in [6.07, 6.45) is 0. The minimum Gasteiger partial charge on any atom is -0.454 e. The number of nitrogens with zero attached hydrogens (tertiary/aromatic N) is 1. The van der Waals surface area contributed by atoms with Gasteiger partial charge in [0, 0.05) is 19.0 Å². The number of benzene rings is 1. The molecular formula is C12H12N2O2. The van der Waals surface area contributed by atoms with Gasteiger partial charge in [0.05, 0.1) is 12.0 Å². The van der Waals surface area contributed by atoms with E-state index in [0.717, 1.165) is 30.2 Å². The SMILES string of the molecule is N#C[C@H]1CNC[C@@H]1c1ccc2c(c1)OCO2. The van der Waals surface area contributed by atoms with Crippen LogP contribution in [0.15, 0.2) is 18.2 Å². The number of fused-ring (bicyclic) bond motifs is 1. The maximum absolute atomic E-state index is 9.05. The van der Waals surface area contributed by atoms with Gasteiger partial charge >= 0.3 is 0 Å². The molecule has 3 rings (SSSR count). The van der Waals surface area contributed by atoms with Gasteiger partial charge in [0.2, 0.25) is 6.79 Å². The second kappa shape index (κ2) is 3.69. The fourth-order valence-electron chi connectivity index (χ4n) is 2.31. The number of nitriles is 1. The molecule has 0 amide bonds. The van der Waals surface area contributed by atoms with Crippen LogP contribution < -0.4 is 14.8 Å². The maximum Gasteiger partial charge on any atom is 0.231 e. The van der Waals surface area contributed by atoms with Crippen molar-refractivity contribution in [2.75, 3.05) is 19.9 Å². The van der Waals surface area contributed by atoms with Gasteiger partial charge in [-0.2, -0.15) is 5.26 Å². The van der Waals surface area contributed by atoms with Crippen LogP contribution in [0, 0.1) is 17.2 Å². The molecule has 1 aromatic rings. The Bertz CT molecular complexity index is 453. The summed E-state index contributed by atoms with van der Waals surface area (Å²) < 4.78 is 10.6. The normalized spacial score (nSPS) is 26.7. The van der Waals surface area contributed by atoms with E-state index in [-0.39, 0.29) is 11.8 Å². The van der Waals surface area contributed by atoms with E-state index < -0.39 is 0 Å². The predicted octanol–water partition coefficient (Wildman–Crippen LogP) is 1.24. The van der Waals surface area contributed by atoms with Crippen LogP contribution in [0.2, 0.25) is 0 Å². The molecule has 4 heteroatoms. The summed E-state index contributed by atoms with van der Waals surface area (Å²) in [6, 6.07) is 8.28. The Morgan fingerprint density at radius 3 is 3.00 bits per heavy atom. The molecule has 82 valence electrons. The predicted molar refractivity (Wildman–Crippen MR) is 57.3 cm³/mol. The van der Waals surface area contributed by atoms with Crippen molar-refractivity contribution in [2.45, 2.75) is 5.92 Å². The lowest BCUT2D eigenvalue weighted by atomic mass is 9.90. The Morgan fingerprint density at radius 2 is 2.12 bits per heavy atom. The monoisotopic (exact) mass is 216 g/mol. The Labute approximate surface area is 93.8 Å². The van der Waals surface area contributed by atoms with E-state index >= 15 is 0 Å². The summed E-state index contributed by atoms with van der Waals surface area (Å²) in [5.41, 5.74) is 1.15. The van der Waals surface area contributed by atoms with Crippen LogP contribution in [0.5, 0.6) is 11.5 Å². The van der Waals surface area contributed by atoms with Gasteiger partial charge < -0.3 is 14.8 Å². The molecule has 2 atom stereocenters. The molecule has 1 N–H and O–H groups in total. The van der Waals surface area contributed by atoms with E-state index in [2.05, 4.69) is 11.4 Å². The summed E-state index contributed by atoms with van der Waals surface area (Å²) in [6.45, 7) is 1.93. The molecule has 0 aliphatic carbocycles. The maximum atomic E-state index is 9.05. The molecule has 1 saturated heterocycles. The van der Waals surface area contributed by atoms with Gasteiger partial charge in [0.1, 0.15) is 0 Å². The Balaban J connectivity index is 1.92. The lowest BCUT2D eigenvalue weighted by molar-refractivity contribution is 0.174. The van der Waals surface area contributed by atoms with Gasteiger partial charge in [-0.3, -0.25) is 0 Å². The molecule has 0 unspecified atom stereocenters. The van der Waals surface area contributed by atoms with Crippen molar-refractivity contribution in [1.82, 2.24) is 5.32 Å². The molecule has 16 heavy (non-hydrogen) atoms. The molecule has 1 aromatic carbocycles. The van der Waals surface area contributed by atoms with Crippen molar-refractivity contribution in [3.8, 4) is 17.6 Å². The van der Waals surface area contributed by atoms with E-state index in [1.54, 1.807) is 0 Å². The van der Waals surface area contributed by atoms with Crippen LogP contribution in [0.1, 0.15) is 11.5 Å². The standard InChI is InChI=1S/C12H12N2O2/c13-4-9-5-14-6-10(9)8-1-2-11-12(3-8)16-7-15-11/h1-3,9-10,14H,5-7H2/t9-,10+/m0/s1. The second-order valence-electron chi connectivity index (χ2n) is 4.11. The Kier molecular flexibility index (Phi) is 2.19. The highest BCUT2D eigenvalue weighted by Crippen LogP contribution is 2.37. The Hall–Kier alpha value is -1.73. The highest BCUT2D eigenvalue weighted by Gasteiger charge is 2.29. The number of hydrogen-bond donors (Lipinski definition) is 1. The summed E-state index contributed by atoms with van der Waals surface area (Å²) >= 11 is 0. The lowest BCUT2D eigenvalue weighted by Gasteiger charge is -2.12. The first-order valence-electron chi connectivity index (χ1n) is 5.38. The average molecular weight is 216 g/mol. The minimum absolute atomic E-state index is 0.0559. The van der Waals surface area contributed by atoms with Gasteiger partial charge in [-0.1, -0.05) is 6.07 Å². The summed E-state index contributed by atoms with van der Waals surface area (Å²) in [5, 5.41) is 12.3. The number of ether oxygens (including phenoxy) is 2. The third-order valence-electron chi connectivity index (χ3n) is 3.20. The highest BCUT2D eigenvalue weighted by atomic mass is 16.7. The van der Waals surface area contributed by atoms with Crippen molar-refractivity contribution < 1.29 is 9.47 Å². The molecule has 0 aromatic heterocycles. The molecule has 0 spiro atoms. The number of rotatable bonds is 1. The first-order valence-corrected chi connectivity index (χ1v) is 5.38. The zero-order valence-corrected chi connectivity index (χ0v) is 8.77. The molecular weight excluding hydrogens is 204 g/mol. The summed E-state index contributed by atoms with van der Waals surface area (Å²) in [7, 11) is 0. The smallest absolute Gasteiger partial charge is 0.231 e. The highest BCUT2D eigenvalue weighted by molar-refractivity contribution is 5.46. The topological polar surface area (TPSA) is 54.3 Å². The fourth-order valence-corrected chi connectivity index (χ4v) is 2.31. The van der Waals surface area contributed by atoms with Crippen LogP contribution in [-0.2, 0) is 0 Å². The van der Waals surface area contributed by atoms with Crippen molar-refractivity contribution in [3.63, 3.8) is 0 Å². The van der Waals surface area contributed by atoms with Gasteiger partial charge in [-0.15, -0.1) is 0 Å². The molecule has 4 nitrogen and oxygen atoms in total. The van der Waals surface area contributed by atoms with Crippen LogP contribution in [-0.4, -0.2) is 19.9 Å². The van der Waals surface area contributed by atoms with Gasteiger partial charge in [-0.25, -0.2) is 0 Å². The van der Waals surface area contributed by atoms with Crippen molar-refractivity contribution in [3.05, 3.63) is 23.8 Å². The molecule has 0 bridgehead atoms. The molecule has 0 saturated carbocycles. The van der Waals surface area contributed by atoms with Crippen LogP contribution in [0.25, 0.3) is 0 Å². The summed E-state index contributed by atoms with van der Waals surface area (Å²) in [4.78, 5) is 0. The third-order valence-corrected chi connectivity index (χ3v) is 3.20. The molecule has 2 aliphatic rings. The Morgan fingerprint density at radius 1 is 1.25 bits per heavy atom. The zero-order valence-electron chi connectivity index (χ0n) is 8.77. The second-order valence-corrected chi connectivity index (χ2v) is 4.11. The minimum atomic E-state index is 0.0559. The largest absolute Gasteiger partial charge is 0.454 e. The van der Waals surface area contributed by atoms with Gasteiger partial charge in [0.15, 0.2) is 11.5 Å². The van der Waals surface area contributed by atoms with Crippen LogP contribution >= 0.6 is 0 Å². The van der Waals surface area contributed by atoms with E-state index in [1.165, 1.54) is 0 Å². The quantitative estimate of drug-likeness (QED) is 0.767. The van der Waals surface area contributed by atoms with E-state index in [1.807, 2.05) is 18.2 Å². The van der Waals surface area contributed by atoms with Crippen molar-refractivity contribution in [2.24, 2.45) is 5.92 Å². The fraction of sp³-hybridized carbons (Fsp3) is 0.417. The molecule has 2 heterocycles. The third kappa shape index (κ3) is 1.41. The zero-order chi connectivity index (χ0) is 11.0. The molecule has 1 fully saturated rings. The van der Waals surface area contributed by atoms with Crippen LogP contribution in [0.3, 0.4) is 0 Å². The molecule has 2 aliphatic heterocycles. The average Bonchev–Trinajstić information content (AvgIpc) is 2.96. The van der Waals surface area contributed by atoms with Gasteiger partial charge in [0.25, 0.3) is 0 Å². The molecule has 0 radical (unpaired) electrons. The first-order chi connectivity index (χ1) is 7.88. The van der Waals surface area contributed by atoms with Crippen molar-refractivity contribution >= 4 is 0 Å². The van der Waals surface area contributed by atoms with E-state index in [9.17, 15) is 0 Å². The number of hydrogen-bond acceptors (Lipinski definition) is 4.